The third-order valence-corrected chi connectivity index (χ3v) is 3.49. The van der Waals surface area contributed by atoms with E-state index < -0.39 is 0 Å². The molecule has 1 rings (SSSR count). The molecule has 1 unspecified atom stereocenters. The van der Waals surface area contributed by atoms with Crippen LogP contribution in [0.15, 0.2) is 30.3 Å². The molecule has 0 fully saturated rings. The number of nitrogens with one attached hydrogen (secondary N) is 1. The minimum atomic E-state index is -0.128. The summed E-state index contributed by atoms with van der Waals surface area (Å²) in [5.74, 6) is -0.197. The quantitative estimate of drug-likeness (QED) is 0.795. The Balaban J connectivity index is 2.47. The highest BCUT2D eigenvalue weighted by molar-refractivity contribution is 5.84. The van der Waals surface area contributed by atoms with Crippen LogP contribution >= 0.6 is 0 Å². The van der Waals surface area contributed by atoms with Crippen LogP contribution in [0.1, 0.15) is 31.9 Å². The van der Waals surface area contributed by atoms with Crippen molar-refractivity contribution in [2.45, 2.75) is 26.3 Å². The van der Waals surface area contributed by atoms with Gasteiger partial charge in [0.2, 0.25) is 11.8 Å². The zero-order valence-corrected chi connectivity index (χ0v) is 14.0. The van der Waals surface area contributed by atoms with Crippen molar-refractivity contribution in [1.29, 1.82) is 0 Å². The van der Waals surface area contributed by atoms with Crippen LogP contribution in [0, 0.1) is 0 Å². The van der Waals surface area contributed by atoms with Gasteiger partial charge in [-0.25, -0.2) is 0 Å². The lowest BCUT2D eigenvalue weighted by Crippen LogP contribution is -2.41. The summed E-state index contributed by atoms with van der Waals surface area (Å²) in [7, 11) is 3.98. The number of carbonyl (C=O) groups excluding carboxylic acids is 2. The second kappa shape index (κ2) is 9.20. The molecular formula is C17H27N3O2. The molecule has 122 valence electrons. The lowest BCUT2D eigenvalue weighted by molar-refractivity contribution is -0.134. The van der Waals surface area contributed by atoms with Crippen molar-refractivity contribution >= 4 is 11.8 Å². The highest BCUT2D eigenvalue weighted by Crippen LogP contribution is 2.10. The summed E-state index contributed by atoms with van der Waals surface area (Å²) < 4.78 is 0. The van der Waals surface area contributed by atoms with E-state index >= 15 is 0 Å². The molecule has 0 aliphatic carbocycles. The first-order valence-corrected chi connectivity index (χ1v) is 7.64. The first kappa shape index (κ1) is 18.2. The van der Waals surface area contributed by atoms with Gasteiger partial charge in [-0.2, -0.15) is 0 Å². The summed E-state index contributed by atoms with van der Waals surface area (Å²) in [4.78, 5) is 27.4. The number of rotatable bonds is 8. The molecule has 5 heteroatoms. The van der Waals surface area contributed by atoms with Gasteiger partial charge in [0.1, 0.15) is 0 Å². The molecule has 1 N–H and O–H groups in total. The van der Waals surface area contributed by atoms with Crippen molar-refractivity contribution in [3.8, 4) is 0 Å². The number of carbonyl (C=O) groups is 2. The van der Waals surface area contributed by atoms with E-state index in [1.807, 2.05) is 51.4 Å². The highest BCUT2D eigenvalue weighted by Gasteiger charge is 2.15. The number of hydrogen-bond donors (Lipinski definition) is 1. The predicted molar refractivity (Wildman–Crippen MR) is 88.4 cm³/mol. The lowest BCUT2D eigenvalue weighted by Gasteiger charge is -2.23. The van der Waals surface area contributed by atoms with Crippen molar-refractivity contribution in [2.24, 2.45) is 0 Å². The Labute approximate surface area is 133 Å². The van der Waals surface area contributed by atoms with E-state index in [1.165, 1.54) is 6.92 Å². The largest absolute Gasteiger partial charge is 0.348 e. The van der Waals surface area contributed by atoms with Crippen LogP contribution in [-0.2, 0) is 9.59 Å². The standard InChI is InChI=1S/C17H27N3O2/c1-14(16-9-6-5-7-10-16)18-17(22)13-20(15(2)21)12-8-11-19(3)4/h5-7,9-10,14H,8,11-13H2,1-4H3,(H,18,22). The number of benzene rings is 1. The van der Waals surface area contributed by atoms with Gasteiger partial charge in [-0.05, 0) is 39.5 Å². The molecule has 0 saturated heterocycles. The van der Waals surface area contributed by atoms with Crippen LogP contribution in [0.4, 0.5) is 0 Å². The smallest absolute Gasteiger partial charge is 0.240 e. The molecule has 22 heavy (non-hydrogen) atoms. The van der Waals surface area contributed by atoms with Crippen molar-refractivity contribution < 1.29 is 9.59 Å². The number of amides is 2. The van der Waals surface area contributed by atoms with Gasteiger partial charge in [-0.1, -0.05) is 30.3 Å². The SMILES string of the molecule is CC(=O)N(CCCN(C)C)CC(=O)NC(C)c1ccccc1. The Bertz CT molecular complexity index is 474. The maximum atomic E-state index is 12.1. The monoisotopic (exact) mass is 305 g/mol. The van der Waals surface area contributed by atoms with Crippen LogP contribution in [-0.4, -0.2) is 55.3 Å². The van der Waals surface area contributed by atoms with Crippen molar-refractivity contribution in [1.82, 2.24) is 15.1 Å². The second-order valence-electron chi connectivity index (χ2n) is 5.80. The third-order valence-electron chi connectivity index (χ3n) is 3.49. The van der Waals surface area contributed by atoms with Gasteiger partial charge in [-0.15, -0.1) is 0 Å². The van der Waals surface area contributed by atoms with Gasteiger partial charge < -0.3 is 15.1 Å². The Kier molecular flexibility index (Phi) is 7.60. The molecule has 0 spiro atoms. The fourth-order valence-electron chi connectivity index (χ4n) is 2.21. The van der Waals surface area contributed by atoms with E-state index in [0.717, 1.165) is 18.5 Å². The van der Waals surface area contributed by atoms with E-state index in [-0.39, 0.29) is 24.4 Å². The summed E-state index contributed by atoms with van der Waals surface area (Å²) in [5, 5.41) is 2.94. The summed E-state index contributed by atoms with van der Waals surface area (Å²) in [6, 6.07) is 9.72. The highest BCUT2D eigenvalue weighted by atomic mass is 16.2. The Hall–Kier alpha value is -1.88. The van der Waals surface area contributed by atoms with E-state index in [9.17, 15) is 9.59 Å². The lowest BCUT2D eigenvalue weighted by atomic mass is 10.1. The zero-order valence-electron chi connectivity index (χ0n) is 14.0. The van der Waals surface area contributed by atoms with Gasteiger partial charge in [0, 0.05) is 13.5 Å². The summed E-state index contributed by atoms with van der Waals surface area (Å²) in [6.45, 7) is 5.05. The molecule has 0 aromatic heterocycles. The first-order chi connectivity index (χ1) is 10.4. The minimum absolute atomic E-state index is 0.0655. The molecule has 1 aromatic carbocycles. The Morgan fingerprint density at radius 3 is 2.32 bits per heavy atom. The maximum absolute atomic E-state index is 12.1. The minimum Gasteiger partial charge on any atom is -0.348 e. The van der Waals surface area contributed by atoms with E-state index in [1.54, 1.807) is 4.90 Å². The molecule has 0 bridgehead atoms. The Morgan fingerprint density at radius 1 is 1.14 bits per heavy atom. The molecule has 0 aliphatic heterocycles. The average Bonchev–Trinajstić information content (AvgIpc) is 2.46. The zero-order chi connectivity index (χ0) is 16.5. The van der Waals surface area contributed by atoms with Gasteiger partial charge in [0.25, 0.3) is 0 Å². The van der Waals surface area contributed by atoms with E-state index in [2.05, 4.69) is 10.2 Å². The molecule has 2 amide bonds. The van der Waals surface area contributed by atoms with E-state index in [0.29, 0.717) is 6.54 Å². The van der Waals surface area contributed by atoms with Gasteiger partial charge in [0.05, 0.1) is 12.6 Å². The van der Waals surface area contributed by atoms with Gasteiger partial charge >= 0.3 is 0 Å². The van der Waals surface area contributed by atoms with E-state index in [4.69, 9.17) is 0 Å². The first-order valence-electron chi connectivity index (χ1n) is 7.64. The molecule has 1 aromatic rings. The molecule has 0 heterocycles. The van der Waals surface area contributed by atoms with Crippen molar-refractivity contribution in [2.75, 3.05) is 33.7 Å². The fourth-order valence-corrected chi connectivity index (χ4v) is 2.21. The van der Waals surface area contributed by atoms with Crippen LogP contribution < -0.4 is 5.32 Å². The average molecular weight is 305 g/mol. The molecule has 0 saturated carbocycles. The normalized spacial score (nSPS) is 12.0. The summed E-state index contributed by atoms with van der Waals surface area (Å²) >= 11 is 0. The van der Waals surface area contributed by atoms with Crippen LogP contribution in [0.3, 0.4) is 0 Å². The maximum Gasteiger partial charge on any atom is 0.240 e. The molecular weight excluding hydrogens is 278 g/mol. The molecule has 1 atom stereocenters. The summed E-state index contributed by atoms with van der Waals surface area (Å²) in [6.07, 6.45) is 0.855. The molecule has 0 radical (unpaired) electrons. The third kappa shape index (κ3) is 6.72. The predicted octanol–water partition coefficient (Wildman–Crippen LogP) is 1.66. The van der Waals surface area contributed by atoms with Crippen LogP contribution in [0.5, 0.6) is 0 Å². The van der Waals surface area contributed by atoms with Gasteiger partial charge in [0.15, 0.2) is 0 Å². The molecule has 5 nitrogen and oxygen atoms in total. The van der Waals surface area contributed by atoms with Crippen LogP contribution in [0.2, 0.25) is 0 Å². The topological polar surface area (TPSA) is 52.7 Å². The Morgan fingerprint density at radius 2 is 1.77 bits per heavy atom. The van der Waals surface area contributed by atoms with Crippen molar-refractivity contribution in [3.05, 3.63) is 35.9 Å². The van der Waals surface area contributed by atoms with Crippen LogP contribution in [0.25, 0.3) is 0 Å². The summed E-state index contributed by atoms with van der Waals surface area (Å²) in [5.41, 5.74) is 1.05. The fraction of sp³-hybridized carbons (Fsp3) is 0.529. The number of nitrogens with zero attached hydrogens (tertiary/aromatic N) is 2. The van der Waals surface area contributed by atoms with Crippen molar-refractivity contribution in [3.63, 3.8) is 0 Å². The molecule has 0 aliphatic rings. The second-order valence-corrected chi connectivity index (χ2v) is 5.80. The van der Waals surface area contributed by atoms with Gasteiger partial charge in [-0.3, -0.25) is 9.59 Å². The number of hydrogen-bond acceptors (Lipinski definition) is 3.